The molecule has 0 saturated carbocycles. The van der Waals surface area contributed by atoms with Gasteiger partial charge >= 0.3 is 5.97 Å². The van der Waals surface area contributed by atoms with Crippen LogP contribution < -0.4 is 16.0 Å². The summed E-state index contributed by atoms with van der Waals surface area (Å²) in [6.07, 6.45) is 5.56. The summed E-state index contributed by atoms with van der Waals surface area (Å²) < 4.78 is 0. The molecule has 4 N–H and O–H groups in total. The Labute approximate surface area is 214 Å². The molecule has 0 aliphatic carbocycles. The van der Waals surface area contributed by atoms with Crippen molar-refractivity contribution in [2.24, 2.45) is 5.92 Å². The molecule has 0 radical (unpaired) electrons. The van der Waals surface area contributed by atoms with Crippen LogP contribution in [-0.4, -0.2) is 65.6 Å². The number of hydrogen-bond donors (Lipinski definition) is 4. The van der Waals surface area contributed by atoms with Crippen LogP contribution in [0.2, 0.25) is 0 Å². The zero-order valence-corrected chi connectivity index (χ0v) is 21.6. The molecule has 0 saturated heterocycles. The van der Waals surface area contributed by atoms with Crippen LogP contribution >= 0.6 is 0 Å². The van der Waals surface area contributed by atoms with E-state index in [0.29, 0.717) is 13.0 Å². The number of carbonyl (C=O) groups excluding carboxylic acids is 1. The predicted molar refractivity (Wildman–Crippen MR) is 144 cm³/mol. The Balaban J connectivity index is 1.50. The predicted octanol–water partition coefficient (Wildman–Crippen LogP) is 3.79. The summed E-state index contributed by atoms with van der Waals surface area (Å²) in [7, 11) is 0. The van der Waals surface area contributed by atoms with Crippen molar-refractivity contribution in [1.29, 1.82) is 0 Å². The van der Waals surface area contributed by atoms with Gasteiger partial charge in [0.1, 0.15) is 11.9 Å². The van der Waals surface area contributed by atoms with E-state index in [-0.39, 0.29) is 11.8 Å². The largest absolute Gasteiger partial charge is 0.480 e. The summed E-state index contributed by atoms with van der Waals surface area (Å²) in [4.78, 5) is 30.9. The molecular formula is C28H41N5O3. The zero-order valence-electron chi connectivity index (χ0n) is 21.6. The number of anilines is 2. The molecule has 196 valence electrons. The van der Waals surface area contributed by atoms with Crippen LogP contribution in [0.25, 0.3) is 0 Å². The van der Waals surface area contributed by atoms with E-state index in [1.807, 2.05) is 30.3 Å². The fourth-order valence-electron chi connectivity index (χ4n) is 4.31. The van der Waals surface area contributed by atoms with Crippen LogP contribution in [0.3, 0.4) is 0 Å². The van der Waals surface area contributed by atoms with Gasteiger partial charge in [0.2, 0.25) is 5.91 Å². The van der Waals surface area contributed by atoms with Crippen molar-refractivity contribution in [3.05, 3.63) is 53.7 Å². The number of fused-ring (bicyclic) bond motifs is 1. The van der Waals surface area contributed by atoms with Gasteiger partial charge in [-0.05, 0) is 68.8 Å². The average Bonchev–Trinajstić information content (AvgIpc) is 2.88. The van der Waals surface area contributed by atoms with E-state index in [9.17, 15) is 14.7 Å². The van der Waals surface area contributed by atoms with Crippen molar-refractivity contribution < 1.29 is 14.7 Å². The van der Waals surface area contributed by atoms with Gasteiger partial charge in [0.05, 0.1) is 0 Å². The summed E-state index contributed by atoms with van der Waals surface area (Å²) in [5.74, 6) is -0.425. The lowest BCUT2D eigenvalue weighted by Crippen LogP contribution is -2.45. The molecule has 2 heterocycles. The highest BCUT2D eigenvalue weighted by molar-refractivity contribution is 5.84. The second-order valence-electron chi connectivity index (χ2n) is 9.77. The highest BCUT2D eigenvalue weighted by atomic mass is 16.4. The topological polar surface area (TPSA) is 107 Å². The molecule has 0 fully saturated rings. The standard InChI is InChI=1S/C28H41N5O3/c1-21(2)27(34)32-25(28(35)36)15-19-33(20-17-29-23-10-4-3-5-11-23)18-7-6-12-24-14-13-22-9-8-16-30-26(22)31-24/h3-5,10-11,13-14,21,25,29H,6-9,12,15-20H2,1-2H3,(H,30,31)(H,32,34)(H,35,36). The van der Waals surface area contributed by atoms with Gasteiger partial charge in [-0.3, -0.25) is 4.79 Å². The molecule has 1 atom stereocenters. The molecule has 1 aliphatic heterocycles. The molecule has 2 aromatic rings. The van der Waals surface area contributed by atoms with Crippen LogP contribution in [0, 0.1) is 5.92 Å². The van der Waals surface area contributed by atoms with Crippen molar-refractivity contribution in [2.75, 3.05) is 43.4 Å². The van der Waals surface area contributed by atoms with E-state index < -0.39 is 12.0 Å². The van der Waals surface area contributed by atoms with E-state index in [0.717, 1.165) is 75.5 Å². The van der Waals surface area contributed by atoms with Crippen molar-refractivity contribution in [2.45, 2.75) is 58.4 Å². The Morgan fingerprint density at radius 3 is 2.64 bits per heavy atom. The maximum atomic E-state index is 12.1. The Hall–Kier alpha value is -3.13. The number of nitrogens with one attached hydrogen (secondary N) is 3. The number of nitrogens with zero attached hydrogens (tertiary/aromatic N) is 2. The van der Waals surface area contributed by atoms with Gasteiger partial charge in [-0.25, -0.2) is 9.78 Å². The summed E-state index contributed by atoms with van der Waals surface area (Å²) >= 11 is 0. The maximum absolute atomic E-state index is 12.1. The zero-order chi connectivity index (χ0) is 25.8. The normalized spacial score (nSPS) is 13.7. The minimum Gasteiger partial charge on any atom is -0.480 e. The molecule has 1 amide bonds. The first-order valence-electron chi connectivity index (χ1n) is 13.2. The quantitative estimate of drug-likeness (QED) is 0.279. The van der Waals surface area contributed by atoms with Crippen molar-refractivity contribution in [1.82, 2.24) is 15.2 Å². The third-order valence-corrected chi connectivity index (χ3v) is 6.51. The Morgan fingerprint density at radius 1 is 1.08 bits per heavy atom. The van der Waals surface area contributed by atoms with Crippen LogP contribution in [0.5, 0.6) is 0 Å². The van der Waals surface area contributed by atoms with Gasteiger partial charge in [0.25, 0.3) is 0 Å². The number of carbonyl (C=O) groups is 2. The Bertz CT molecular complexity index is 967. The highest BCUT2D eigenvalue weighted by Crippen LogP contribution is 2.20. The lowest BCUT2D eigenvalue weighted by Gasteiger charge is -2.25. The third kappa shape index (κ3) is 9.15. The van der Waals surface area contributed by atoms with E-state index in [1.54, 1.807) is 13.8 Å². The lowest BCUT2D eigenvalue weighted by atomic mass is 10.1. The number of para-hydroxylation sites is 1. The first kappa shape index (κ1) is 27.5. The summed E-state index contributed by atoms with van der Waals surface area (Å²) in [5, 5.41) is 19.1. The van der Waals surface area contributed by atoms with Crippen molar-refractivity contribution in [3.8, 4) is 0 Å². The Kier molecular flexibility index (Phi) is 11.0. The molecule has 3 rings (SSSR count). The SMILES string of the molecule is CC(C)C(=O)NC(CCN(CCCCc1ccc2c(n1)NCCC2)CCNc1ccccc1)C(=O)O. The lowest BCUT2D eigenvalue weighted by molar-refractivity contribution is -0.142. The van der Waals surface area contributed by atoms with Gasteiger partial charge in [-0.15, -0.1) is 0 Å². The molecule has 1 aromatic carbocycles. The van der Waals surface area contributed by atoms with Crippen molar-refractivity contribution in [3.63, 3.8) is 0 Å². The number of aryl methyl sites for hydroxylation is 2. The number of aromatic nitrogens is 1. The smallest absolute Gasteiger partial charge is 0.326 e. The van der Waals surface area contributed by atoms with Gasteiger partial charge in [-0.2, -0.15) is 0 Å². The molecule has 1 unspecified atom stereocenters. The monoisotopic (exact) mass is 495 g/mol. The fraction of sp³-hybridized carbons (Fsp3) is 0.536. The molecular weight excluding hydrogens is 454 g/mol. The average molecular weight is 496 g/mol. The fourth-order valence-corrected chi connectivity index (χ4v) is 4.31. The molecule has 8 nitrogen and oxygen atoms in total. The van der Waals surface area contributed by atoms with Crippen molar-refractivity contribution >= 4 is 23.4 Å². The van der Waals surface area contributed by atoms with Crippen LogP contribution in [0.1, 0.15) is 50.8 Å². The number of carboxylic acid groups (broad SMARTS) is 1. The number of pyridine rings is 1. The number of benzene rings is 1. The van der Waals surface area contributed by atoms with E-state index in [4.69, 9.17) is 4.98 Å². The minimum atomic E-state index is -0.988. The minimum absolute atomic E-state index is 0.230. The van der Waals surface area contributed by atoms with Gasteiger partial charge < -0.3 is 26.0 Å². The molecule has 0 bridgehead atoms. The number of hydrogen-bond acceptors (Lipinski definition) is 6. The van der Waals surface area contributed by atoms with Crippen LogP contribution in [0.4, 0.5) is 11.5 Å². The molecule has 8 heteroatoms. The second kappa shape index (κ2) is 14.4. The van der Waals surface area contributed by atoms with E-state index in [2.05, 4.69) is 33.0 Å². The van der Waals surface area contributed by atoms with Gasteiger partial charge in [0, 0.05) is 43.5 Å². The van der Waals surface area contributed by atoms with E-state index in [1.165, 1.54) is 5.56 Å². The highest BCUT2D eigenvalue weighted by Gasteiger charge is 2.22. The Morgan fingerprint density at radius 2 is 1.89 bits per heavy atom. The molecule has 1 aliphatic rings. The molecule has 0 spiro atoms. The number of carboxylic acids is 1. The second-order valence-corrected chi connectivity index (χ2v) is 9.77. The first-order chi connectivity index (χ1) is 17.4. The van der Waals surface area contributed by atoms with Crippen LogP contribution in [-0.2, 0) is 22.4 Å². The number of unbranched alkanes of at least 4 members (excludes halogenated alkanes) is 1. The number of amides is 1. The first-order valence-corrected chi connectivity index (χ1v) is 13.2. The summed E-state index contributed by atoms with van der Waals surface area (Å²) in [5.41, 5.74) is 3.49. The van der Waals surface area contributed by atoms with Gasteiger partial charge in [0.15, 0.2) is 0 Å². The number of rotatable bonds is 15. The summed E-state index contributed by atoms with van der Waals surface area (Å²) in [6.45, 7) is 7.55. The number of aliphatic carboxylic acids is 1. The van der Waals surface area contributed by atoms with Crippen LogP contribution in [0.15, 0.2) is 42.5 Å². The maximum Gasteiger partial charge on any atom is 0.326 e. The third-order valence-electron chi connectivity index (χ3n) is 6.51. The molecule has 1 aromatic heterocycles. The van der Waals surface area contributed by atoms with E-state index >= 15 is 0 Å². The molecule has 36 heavy (non-hydrogen) atoms. The van der Waals surface area contributed by atoms with Gasteiger partial charge in [-0.1, -0.05) is 38.1 Å². The summed E-state index contributed by atoms with van der Waals surface area (Å²) in [6, 6.07) is 13.5.